The van der Waals surface area contributed by atoms with Crippen molar-refractivity contribution in [3.63, 3.8) is 0 Å². The lowest BCUT2D eigenvalue weighted by molar-refractivity contribution is 0.370. The Labute approximate surface area is 193 Å². The van der Waals surface area contributed by atoms with Gasteiger partial charge in [-0.2, -0.15) is 0 Å². The third kappa shape index (κ3) is 4.03. The minimum atomic E-state index is 0.490. The maximum absolute atomic E-state index is 6.46. The first-order valence-electron chi connectivity index (χ1n) is 11.0. The van der Waals surface area contributed by atoms with Gasteiger partial charge in [-0.15, -0.1) is 0 Å². The van der Waals surface area contributed by atoms with Gasteiger partial charge in [0, 0.05) is 60.2 Å². The molecule has 3 heterocycles. The van der Waals surface area contributed by atoms with Crippen molar-refractivity contribution >= 4 is 33.8 Å². The molecule has 7 nitrogen and oxygen atoms in total. The molecule has 0 amide bonds. The highest BCUT2D eigenvalue weighted by atomic mass is 16.5. The second-order valence-electron chi connectivity index (χ2n) is 8.44. The van der Waals surface area contributed by atoms with Crippen LogP contribution in [-0.4, -0.2) is 46.7 Å². The van der Waals surface area contributed by atoms with E-state index in [1.807, 2.05) is 37.4 Å². The molecular formula is C26H28N6O. The van der Waals surface area contributed by atoms with Crippen LogP contribution in [0.5, 0.6) is 5.75 Å². The third-order valence-corrected chi connectivity index (χ3v) is 6.20. The molecule has 5 rings (SSSR count). The van der Waals surface area contributed by atoms with Crippen LogP contribution in [0.1, 0.15) is 12.0 Å². The number of nitrogens with two attached hydrogens (primary N) is 1. The van der Waals surface area contributed by atoms with Crippen LogP contribution in [0.3, 0.4) is 0 Å². The average molecular weight is 441 g/mol. The maximum atomic E-state index is 6.46. The molecule has 2 aromatic heterocycles. The van der Waals surface area contributed by atoms with Crippen LogP contribution in [0.4, 0.5) is 17.3 Å². The number of nitrogens with one attached hydrogen (secondary N) is 1. The van der Waals surface area contributed by atoms with Gasteiger partial charge in [0.1, 0.15) is 5.75 Å². The highest BCUT2D eigenvalue weighted by Crippen LogP contribution is 2.37. The first-order chi connectivity index (χ1) is 16.0. The van der Waals surface area contributed by atoms with Crippen LogP contribution in [-0.2, 0) is 7.05 Å². The molecule has 0 spiro atoms. The van der Waals surface area contributed by atoms with Gasteiger partial charge in [-0.05, 0) is 43.3 Å². The van der Waals surface area contributed by atoms with E-state index in [9.17, 15) is 0 Å². The van der Waals surface area contributed by atoms with Crippen LogP contribution in [0.15, 0.2) is 60.9 Å². The number of hydrogen-bond donors (Lipinski definition) is 2. The van der Waals surface area contributed by atoms with Crippen LogP contribution in [0, 0.1) is 0 Å². The molecule has 33 heavy (non-hydrogen) atoms. The first kappa shape index (κ1) is 21.0. The van der Waals surface area contributed by atoms with Crippen molar-refractivity contribution in [2.75, 3.05) is 38.3 Å². The molecule has 0 unspecified atom stereocenters. The normalized spacial score (nSPS) is 14.3. The predicted octanol–water partition coefficient (Wildman–Crippen LogP) is 4.69. The quantitative estimate of drug-likeness (QED) is 0.438. The molecule has 2 aromatic carbocycles. The average Bonchev–Trinajstić information content (AvgIpc) is 3.17. The molecule has 3 N–H and O–H groups in total. The molecule has 7 heteroatoms. The summed E-state index contributed by atoms with van der Waals surface area (Å²) in [5.41, 5.74) is 13.3. The smallest absolute Gasteiger partial charge is 0.227 e. The van der Waals surface area contributed by atoms with E-state index >= 15 is 0 Å². The fraction of sp³-hybridized carbons (Fsp3) is 0.231. The molecular weight excluding hydrogens is 412 g/mol. The summed E-state index contributed by atoms with van der Waals surface area (Å²) in [5, 5.41) is 4.46. The van der Waals surface area contributed by atoms with E-state index in [0.717, 1.165) is 52.9 Å². The fourth-order valence-electron chi connectivity index (χ4n) is 4.39. The lowest BCUT2D eigenvalue weighted by Gasteiger charge is -2.23. The molecule has 0 fully saturated rings. The van der Waals surface area contributed by atoms with Crippen molar-refractivity contribution in [2.45, 2.75) is 6.42 Å². The number of nitrogens with zero attached hydrogens (tertiary/aromatic N) is 4. The van der Waals surface area contributed by atoms with Gasteiger partial charge in [0.25, 0.3) is 0 Å². The number of aryl methyl sites for hydroxylation is 1. The van der Waals surface area contributed by atoms with E-state index in [4.69, 9.17) is 15.5 Å². The number of anilines is 3. The Kier molecular flexibility index (Phi) is 5.48. The molecule has 0 saturated heterocycles. The summed E-state index contributed by atoms with van der Waals surface area (Å²) in [5.74, 6) is 1.20. The van der Waals surface area contributed by atoms with Gasteiger partial charge in [-0.3, -0.25) is 0 Å². The molecule has 0 atom stereocenters. The van der Waals surface area contributed by atoms with Crippen molar-refractivity contribution in [3.8, 4) is 17.0 Å². The SMILES string of the molecule is COc1cc(C2=CCN(C)CC2)c(N)cc1Nc1nccc(-c2cn(C)c3ccccc23)n1. The van der Waals surface area contributed by atoms with Gasteiger partial charge >= 0.3 is 0 Å². The van der Waals surface area contributed by atoms with Crippen LogP contribution in [0.25, 0.3) is 27.7 Å². The highest BCUT2D eigenvalue weighted by molar-refractivity contribution is 5.95. The zero-order valence-corrected chi connectivity index (χ0v) is 19.2. The third-order valence-electron chi connectivity index (χ3n) is 6.20. The summed E-state index contributed by atoms with van der Waals surface area (Å²) in [6.07, 6.45) is 7.06. The van der Waals surface area contributed by atoms with Gasteiger partial charge < -0.3 is 25.3 Å². The number of rotatable bonds is 5. The predicted molar refractivity (Wildman–Crippen MR) is 135 cm³/mol. The van der Waals surface area contributed by atoms with Crippen molar-refractivity contribution in [2.24, 2.45) is 7.05 Å². The Bertz CT molecular complexity index is 1360. The minimum absolute atomic E-state index is 0.490. The number of para-hydroxylation sites is 1. The monoisotopic (exact) mass is 440 g/mol. The number of hydrogen-bond acceptors (Lipinski definition) is 6. The maximum Gasteiger partial charge on any atom is 0.227 e. The van der Waals surface area contributed by atoms with Crippen LogP contribution in [0.2, 0.25) is 0 Å². The van der Waals surface area contributed by atoms with Crippen LogP contribution >= 0.6 is 0 Å². The Morgan fingerprint density at radius 2 is 1.94 bits per heavy atom. The Balaban J connectivity index is 1.48. The summed E-state index contributed by atoms with van der Waals surface area (Å²) in [6.45, 7) is 1.94. The fourth-order valence-corrected chi connectivity index (χ4v) is 4.39. The molecule has 0 saturated carbocycles. The van der Waals surface area contributed by atoms with Gasteiger partial charge in [0.05, 0.1) is 18.5 Å². The van der Waals surface area contributed by atoms with Gasteiger partial charge in [0.2, 0.25) is 5.95 Å². The number of methoxy groups -OCH3 is 1. The first-order valence-corrected chi connectivity index (χ1v) is 11.0. The van der Waals surface area contributed by atoms with E-state index in [2.05, 4.69) is 51.2 Å². The topological polar surface area (TPSA) is 81.2 Å². The Morgan fingerprint density at radius 1 is 1.09 bits per heavy atom. The molecule has 0 radical (unpaired) electrons. The summed E-state index contributed by atoms with van der Waals surface area (Å²) < 4.78 is 7.80. The molecule has 168 valence electrons. The Hall–Kier alpha value is -3.84. The van der Waals surface area contributed by atoms with Crippen molar-refractivity contribution < 1.29 is 4.74 Å². The summed E-state index contributed by atoms with van der Waals surface area (Å²) in [4.78, 5) is 11.5. The van der Waals surface area contributed by atoms with Gasteiger partial charge in [-0.25, -0.2) is 9.97 Å². The van der Waals surface area contributed by atoms with E-state index in [1.54, 1.807) is 13.3 Å². The van der Waals surface area contributed by atoms with E-state index in [1.165, 1.54) is 5.57 Å². The van der Waals surface area contributed by atoms with E-state index < -0.39 is 0 Å². The number of ether oxygens (including phenoxy) is 1. The summed E-state index contributed by atoms with van der Waals surface area (Å²) >= 11 is 0. The van der Waals surface area contributed by atoms with E-state index in [-0.39, 0.29) is 0 Å². The van der Waals surface area contributed by atoms with Crippen molar-refractivity contribution in [1.29, 1.82) is 0 Å². The largest absolute Gasteiger partial charge is 0.495 e. The van der Waals surface area contributed by atoms with Gasteiger partial charge in [-0.1, -0.05) is 24.3 Å². The number of benzene rings is 2. The molecule has 0 aliphatic carbocycles. The highest BCUT2D eigenvalue weighted by Gasteiger charge is 2.17. The number of likely N-dealkylation sites (N-methyl/N-ethyl adjacent to an activating group) is 1. The van der Waals surface area contributed by atoms with Gasteiger partial charge in [0.15, 0.2) is 0 Å². The molecule has 1 aliphatic rings. The lowest BCUT2D eigenvalue weighted by Crippen LogP contribution is -2.23. The second-order valence-corrected chi connectivity index (χ2v) is 8.44. The lowest BCUT2D eigenvalue weighted by atomic mass is 9.97. The van der Waals surface area contributed by atoms with Crippen LogP contribution < -0.4 is 15.8 Å². The van der Waals surface area contributed by atoms with Crippen molar-refractivity contribution in [1.82, 2.24) is 19.4 Å². The molecule has 0 bridgehead atoms. The second kappa shape index (κ2) is 8.60. The molecule has 4 aromatic rings. The number of aromatic nitrogens is 3. The van der Waals surface area contributed by atoms with E-state index in [0.29, 0.717) is 17.4 Å². The zero-order chi connectivity index (χ0) is 22.9. The Morgan fingerprint density at radius 3 is 2.73 bits per heavy atom. The minimum Gasteiger partial charge on any atom is -0.495 e. The summed E-state index contributed by atoms with van der Waals surface area (Å²) in [7, 11) is 5.83. The summed E-state index contributed by atoms with van der Waals surface area (Å²) in [6, 6.07) is 14.1. The standard InChI is InChI=1S/C26H28N6O/c1-31-12-9-17(10-13-31)19-14-25(33-3)23(15-21(19)27)30-26-28-11-8-22(29-26)20-16-32(2)24-7-5-4-6-18(20)24/h4-9,11,14-16H,10,12-13,27H2,1-3H3,(H,28,29,30). The number of fused-ring (bicyclic) bond motifs is 1. The van der Waals surface area contributed by atoms with Crippen molar-refractivity contribution in [3.05, 3.63) is 66.5 Å². The molecule has 1 aliphatic heterocycles. The zero-order valence-electron chi connectivity index (χ0n) is 19.2. The number of nitrogen functional groups attached to an aromatic ring is 1.